The Labute approximate surface area is 91.0 Å². The van der Waals surface area contributed by atoms with Crippen molar-refractivity contribution >= 4 is 5.91 Å². The lowest BCUT2D eigenvalue weighted by atomic mass is 9.92. The molecule has 0 radical (unpaired) electrons. The van der Waals surface area contributed by atoms with E-state index in [0.717, 1.165) is 37.4 Å². The van der Waals surface area contributed by atoms with Crippen molar-refractivity contribution in [1.29, 1.82) is 0 Å². The lowest BCUT2D eigenvalue weighted by Crippen LogP contribution is -2.42. The fourth-order valence-corrected chi connectivity index (χ4v) is 3.08. The van der Waals surface area contributed by atoms with Gasteiger partial charge in [-0.25, -0.2) is 0 Å². The largest absolute Gasteiger partial charge is 0.356 e. The van der Waals surface area contributed by atoms with E-state index in [1.807, 2.05) is 0 Å². The molecule has 0 aromatic rings. The van der Waals surface area contributed by atoms with E-state index in [4.69, 9.17) is 0 Å². The molecule has 0 spiro atoms. The van der Waals surface area contributed by atoms with Gasteiger partial charge in [0.15, 0.2) is 0 Å². The van der Waals surface area contributed by atoms with Gasteiger partial charge in [0.1, 0.15) is 0 Å². The Morgan fingerprint density at radius 3 is 2.40 bits per heavy atom. The highest BCUT2D eigenvalue weighted by atomic mass is 16.2. The molecule has 15 heavy (non-hydrogen) atoms. The van der Waals surface area contributed by atoms with E-state index >= 15 is 0 Å². The van der Waals surface area contributed by atoms with Gasteiger partial charge < -0.3 is 10.6 Å². The van der Waals surface area contributed by atoms with E-state index < -0.39 is 0 Å². The molecule has 2 atom stereocenters. The van der Waals surface area contributed by atoms with E-state index in [2.05, 4.69) is 10.6 Å². The molecule has 0 aromatic heterocycles. The van der Waals surface area contributed by atoms with Crippen molar-refractivity contribution in [2.45, 2.75) is 50.6 Å². The van der Waals surface area contributed by atoms with Gasteiger partial charge in [-0.2, -0.15) is 0 Å². The molecule has 3 aliphatic rings. The number of carbonyl (C=O) groups excluding carboxylic acids is 1. The molecule has 1 amide bonds. The summed E-state index contributed by atoms with van der Waals surface area (Å²) >= 11 is 0. The minimum atomic E-state index is 0.306. The summed E-state index contributed by atoms with van der Waals surface area (Å²) in [7, 11) is 0. The van der Waals surface area contributed by atoms with Crippen molar-refractivity contribution in [3.63, 3.8) is 0 Å². The van der Waals surface area contributed by atoms with Crippen LogP contribution in [0, 0.1) is 11.8 Å². The van der Waals surface area contributed by atoms with Crippen LogP contribution in [0.1, 0.15) is 38.5 Å². The third kappa shape index (κ3) is 2.17. The van der Waals surface area contributed by atoms with Crippen LogP contribution in [0.2, 0.25) is 0 Å². The molecule has 1 aliphatic carbocycles. The van der Waals surface area contributed by atoms with Gasteiger partial charge in [0.2, 0.25) is 5.91 Å². The van der Waals surface area contributed by atoms with Gasteiger partial charge in [-0.15, -0.1) is 0 Å². The van der Waals surface area contributed by atoms with Gasteiger partial charge in [-0.3, -0.25) is 4.79 Å². The summed E-state index contributed by atoms with van der Waals surface area (Å²) < 4.78 is 0. The number of hydrogen-bond donors (Lipinski definition) is 2. The number of fused-ring (bicyclic) bond motifs is 2. The van der Waals surface area contributed by atoms with Crippen molar-refractivity contribution in [2.24, 2.45) is 11.8 Å². The second-order valence-corrected chi connectivity index (χ2v) is 5.49. The molecular weight excluding hydrogens is 188 g/mol. The first kappa shape index (κ1) is 9.64. The molecule has 1 saturated carbocycles. The lowest BCUT2D eigenvalue weighted by molar-refractivity contribution is -0.122. The van der Waals surface area contributed by atoms with Gasteiger partial charge in [0.05, 0.1) is 0 Å². The Bertz CT molecular complexity index is 250. The molecule has 2 unspecified atom stereocenters. The topological polar surface area (TPSA) is 41.1 Å². The minimum Gasteiger partial charge on any atom is -0.356 e. The lowest BCUT2D eigenvalue weighted by Gasteiger charge is -2.29. The Morgan fingerprint density at radius 2 is 1.80 bits per heavy atom. The number of nitrogens with one attached hydrogen (secondary N) is 2. The molecule has 3 fully saturated rings. The van der Waals surface area contributed by atoms with Gasteiger partial charge in [0, 0.05) is 24.5 Å². The zero-order valence-electron chi connectivity index (χ0n) is 9.17. The van der Waals surface area contributed by atoms with E-state index in [9.17, 15) is 4.79 Å². The molecule has 2 saturated heterocycles. The number of carbonyl (C=O) groups is 1. The van der Waals surface area contributed by atoms with Crippen LogP contribution in [0.4, 0.5) is 0 Å². The molecule has 2 N–H and O–H groups in total. The van der Waals surface area contributed by atoms with Crippen molar-refractivity contribution in [1.82, 2.24) is 10.6 Å². The van der Waals surface area contributed by atoms with Crippen LogP contribution in [0.5, 0.6) is 0 Å². The normalized spacial score (nSPS) is 39.1. The summed E-state index contributed by atoms with van der Waals surface area (Å²) in [6, 6.07) is 1.48. The molecule has 2 heterocycles. The predicted octanol–water partition coefficient (Wildman–Crippen LogP) is 1.04. The highest BCUT2D eigenvalue weighted by molar-refractivity contribution is 5.80. The van der Waals surface area contributed by atoms with Crippen molar-refractivity contribution in [3.8, 4) is 0 Å². The third-order valence-electron chi connectivity index (χ3n) is 4.08. The monoisotopic (exact) mass is 208 g/mol. The van der Waals surface area contributed by atoms with Gasteiger partial charge >= 0.3 is 0 Å². The van der Waals surface area contributed by atoms with E-state index in [0.29, 0.717) is 11.8 Å². The molecule has 3 nitrogen and oxygen atoms in total. The summed E-state index contributed by atoms with van der Waals surface area (Å²) in [5.41, 5.74) is 0. The maximum Gasteiger partial charge on any atom is 0.223 e. The van der Waals surface area contributed by atoms with Crippen LogP contribution in [-0.2, 0) is 4.79 Å². The zero-order valence-corrected chi connectivity index (χ0v) is 9.17. The summed E-state index contributed by atoms with van der Waals surface area (Å²) in [6.07, 6.45) is 7.45. The number of amides is 1. The third-order valence-corrected chi connectivity index (χ3v) is 4.08. The van der Waals surface area contributed by atoms with Crippen LogP contribution in [0.15, 0.2) is 0 Å². The van der Waals surface area contributed by atoms with Gasteiger partial charge in [-0.1, -0.05) is 0 Å². The Hall–Kier alpha value is -0.570. The fourth-order valence-electron chi connectivity index (χ4n) is 3.08. The summed E-state index contributed by atoms with van der Waals surface area (Å²) in [5.74, 6) is 1.40. The molecule has 3 rings (SSSR count). The van der Waals surface area contributed by atoms with Crippen LogP contribution < -0.4 is 10.6 Å². The maximum atomic E-state index is 11.5. The first-order valence-corrected chi connectivity index (χ1v) is 6.35. The summed E-state index contributed by atoms with van der Waals surface area (Å²) in [5, 5.41) is 6.75. The van der Waals surface area contributed by atoms with Crippen molar-refractivity contribution in [2.75, 3.05) is 6.54 Å². The van der Waals surface area contributed by atoms with Gasteiger partial charge in [0.25, 0.3) is 0 Å². The maximum absolute atomic E-state index is 11.5. The standard InChI is InChI=1S/C12H20N2O/c15-12(9-1-2-9)13-7-8-5-10-3-4-11(6-8)14-10/h8-11,14H,1-7H2,(H,13,15). The molecule has 2 bridgehead atoms. The molecular formula is C12H20N2O. The van der Waals surface area contributed by atoms with Crippen molar-refractivity contribution in [3.05, 3.63) is 0 Å². The first-order valence-electron chi connectivity index (χ1n) is 6.35. The average Bonchev–Trinajstić information content (AvgIpc) is 3.02. The zero-order chi connectivity index (χ0) is 10.3. The van der Waals surface area contributed by atoms with Crippen LogP contribution in [0.3, 0.4) is 0 Å². The Balaban J connectivity index is 1.45. The van der Waals surface area contributed by atoms with Gasteiger partial charge in [-0.05, 0) is 44.4 Å². The second-order valence-electron chi connectivity index (χ2n) is 5.49. The number of piperidine rings is 1. The van der Waals surface area contributed by atoms with Crippen molar-refractivity contribution < 1.29 is 4.79 Å². The quantitative estimate of drug-likeness (QED) is 0.727. The van der Waals surface area contributed by atoms with E-state index in [1.54, 1.807) is 0 Å². The van der Waals surface area contributed by atoms with E-state index in [-0.39, 0.29) is 0 Å². The summed E-state index contributed by atoms with van der Waals surface area (Å²) in [6.45, 7) is 0.921. The van der Waals surface area contributed by atoms with Crippen LogP contribution in [-0.4, -0.2) is 24.5 Å². The smallest absolute Gasteiger partial charge is 0.223 e. The molecule has 2 aliphatic heterocycles. The fraction of sp³-hybridized carbons (Fsp3) is 0.917. The highest BCUT2D eigenvalue weighted by Gasteiger charge is 2.34. The number of rotatable bonds is 3. The Morgan fingerprint density at radius 1 is 1.13 bits per heavy atom. The highest BCUT2D eigenvalue weighted by Crippen LogP contribution is 2.31. The van der Waals surface area contributed by atoms with Crippen LogP contribution in [0.25, 0.3) is 0 Å². The first-order chi connectivity index (χ1) is 7.31. The molecule has 84 valence electrons. The molecule has 0 aromatic carbocycles. The average molecular weight is 208 g/mol. The SMILES string of the molecule is O=C(NCC1CC2CCC(C1)N2)C1CC1. The van der Waals surface area contributed by atoms with E-state index in [1.165, 1.54) is 25.7 Å². The molecule has 3 heteroatoms. The predicted molar refractivity (Wildman–Crippen MR) is 58.4 cm³/mol. The minimum absolute atomic E-state index is 0.306. The summed E-state index contributed by atoms with van der Waals surface area (Å²) in [4.78, 5) is 11.5. The number of hydrogen-bond acceptors (Lipinski definition) is 2. The van der Waals surface area contributed by atoms with Crippen LogP contribution >= 0.6 is 0 Å². The second kappa shape index (κ2) is 3.78. The Kier molecular flexibility index (Phi) is 2.43.